The number of benzene rings is 3. The van der Waals surface area contributed by atoms with Gasteiger partial charge in [-0.2, -0.15) is 0 Å². The van der Waals surface area contributed by atoms with Crippen molar-refractivity contribution in [2.75, 3.05) is 38.2 Å². The first kappa shape index (κ1) is 23.7. The quantitative estimate of drug-likeness (QED) is 0.368. The third-order valence-electron chi connectivity index (χ3n) is 7.26. The van der Waals surface area contributed by atoms with Crippen molar-refractivity contribution >= 4 is 11.6 Å². The van der Waals surface area contributed by atoms with Crippen molar-refractivity contribution in [1.29, 1.82) is 0 Å². The van der Waals surface area contributed by atoms with E-state index >= 15 is 0 Å². The molecule has 0 radical (unpaired) electrons. The zero-order valence-electron chi connectivity index (χ0n) is 20.5. The number of anilines is 2. The summed E-state index contributed by atoms with van der Waals surface area (Å²) in [5, 5.41) is 3.33. The Kier molecular flexibility index (Phi) is 6.64. The number of hydrogen-bond acceptors (Lipinski definition) is 5. The summed E-state index contributed by atoms with van der Waals surface area (Å²) in [5.74, 6) is -1.23. The third kappa shape index (κ3) is 5.10. The molecule has 1 aliphatic carbocycles. The SMILES string of the molecule is Fc1ccc([C@@H]2Cc3cnc(Nc4ccc(CCN5CCOCC5)cc4)nc3-c3ccccc32)cc1F. The Balaban J connectivity index is 1.20. The first-order valence-corrected chi connectivity index (χ1v) is 12.7. The predicted molar refractivity (Wildman–Crippen MR) is 140 cm³/mol. The Morgan fingerprint density at radius 2 is 1.76 bits per heavy atom. The van der Waals surface area contributed by atoms with Gasteiger partial charge in [0, 0.05) is 43.0 Å². The minimum absolute atomic E-state index is 0.0915. The summed E-state index contributed by atoms with van der Waals surface area (Å²) in [6.45, 7) is 4.67. The van der Waals surface area contributed by atoms with Gasteiger partial charge in [-0.3, -0.25) is 4.90 Å². The summed E-state index contributed by atoms with van der Waals surface area (Å²) >= 11 is 0. The van der Waals surface area contributed by atoms with Crippen LogP contribution in [-0.2, 0) is 17.6 Å². The fraction of sp³-hybridized carbons (Fsp3) is 0.267. The summed E-state index contributed by atoms with van der Waals surface area (Å²) in [5.41, 5.74) is 6.86. The molecule has 5 nitrogen and oxygen atoms in total. The van der Waals surface area contributed by atoms with E-state index in [-0.39, 0.29) is 5.92 Å². The summed E-state index contributed by atoms with van der Waals surface area (Å²) in [4.78, 5) is 11.9. The molecule has 1 aliphatic heterocycles. The average molecular weight is 499 g/mol. The molecule has 37 heavy (non-hydrogen) atoms. The molecule has 2 aliphatic rings. The lowest BCUT2D eigenvalue weighted by Crippen LogP contribution is -2.37. The summed E-state index contributed by atoms with van der Waals surface area (Å²) < 4.78 is 33.0. The van der Waals surface area contributed by atoms with Crippen LogP contribution >= 0.6 is 0 Å². The monoisotopic (exact) mass is 498 g/mol. The maximum atomic E-state index is 14.0. The number of ether oxygens (including phenoxy) is 1. The van der Waals surface area contributed by atoms with Crippen molar-refractivity contribution in [2.24, 2.45) is 0 Å². The number of nitrogens with one attached hydrogen (secondary N) is 1. The molecule has 1 fully saturated rings. The lowest BCUT2D eigenvalue weighted by molar-refractivity contribution is 0.0384. The van der Waals surface area contributed by atoms with Gasteiger partial charge in [-0.25, -0.2) is 18.7 Å². The van der Waals surface area contributed by atoms with Crippen LogP contribution in [0.2, 0.25) is 0 Å². The van der Waals surface area contributed by atoms with E-state index in [0.717, 1.165) is 72.9 Å². The normalized spacial score (nSPS) is 17.2. The Labute approximate surface area is 215 Å². The summed E-state index contributed by atoms with van der Waals surface area (Å²) in [6.07, 6.45) is 3.46. The number of nitrogens with zero attached hydrogens (tertiary/aromatic N) is 3. The molecular weight excluding hydrogens is 470 g/mol. The number of hydrogen-bond donors (Lipinski definition) is 1. The molecule has 0 saturated carbocycles. The minimum Gasteiger partial charge on any atom is -0.379 e. The van der Waals surface area contributed by atoms with Gasteiger partial charge in [0.1, 0.15) is 0 Å². The van der Waals surface area contributed by atoms with Gasteiger partial charge in [0.25, 0.3) is 0 Å². The number of aromatic nitrogens is 2. The van der Waals surface area contributed by atoms with Crippen LogP contribution in [0, 0.1) is 11.6 Å². The number of fused-ring (bicyclic) bond motifs is 3. The van der Waals surface area contributed by atoms with Crippen LogP contribution in [0.25, 0.3) is 11.3 Å². The highest BCUT2D eigenvalue weighted by Crippen LogP contribution is 2.42. The first-order valence-electron chi connectivity index (χ1n) is 12.7. The molecule has 0 spiro atoms. The molecule has 0 bridgehead atoms. The molecule has 0 unspecified atom stereocenters. The zero-order valence-corrected chi connectivity index (χ0v) is 20.5. The van der Waals surface area contributed by atoms with E-state index in [1.807, 2.05) is 30.5 Å². The fourth-order valence-electron chi connectivity index (χ4n) is 5.22. The molecule has 6 rings (SSSR count). The molecule has 188 valence electrons. The van der Waals surface area contributed by atoms with Crippen LogP contribution in [0.3, 0.4) is 0 Å². The second kappa shape index (κ2) is 10.4. The standard InChI is InChI=1S/C30H28F2N4O/c31-27-10-7-21(18-28(27)32)26-17-22-19-33-30(35-29(22)25-4-2-1-3-24(25)26)34-23-8-5-20(6-9-23)11-12-36-13-15-37-16-14-36/h1-10,18-19,26H,11-17H2,(H,33,34,35)/t26-/m0/s1. The van der Waals surface area contributed by atoms with E-state index in [1.54, 1.807) is 6.07 Å². The minimum atomic E-state index is -0.836. The number of rotatable bonds is 6. The molecular formula is C30H28F2N4O. The predicted octanol–water partition coefficient (Wildman–Crippen LogP) is 5.73. The molecule has 1 N–H and O–H groups in total. The van der Waals surface area contributed by atoms with Gasteiger partial charge in [0.15, 0.2) is 11.6 Å². The molecule has 1 aromatic heterocycles. The maximum absolute atomic E-state index is 14.0. The second-order valence-corrected chi connectivity index (χ2v) is 9.61. The van der Waals surface area contributed by atoms with Crippen molar-refractivity contribution in [1.82, 2.24) is 14.9 Å². The van der Waals surface area contributed by atoms with E-state index < -0.39 is 11.6 Å². The Hall–Kier alpha value is -3.68. The Morgan fingerprint density at radius 1 is 0.946 bits per heavy atom. The Morgan fingerprint density at radius 3 is 2.57 bits per heavy atom. The van der Waals surface area contributed by atoms with Crippen LogP contribution in [0.1, 0.15) is 28.2 Å². The van der Waals surface area contributed by atoms with Gasteiger partial charge >= 0.3 is 0 Å². The van der Waals surface area contributed by atoms with E-state index in [2.05, 4.69) is 39.5 Å². The van der Waals surface area contributed by atoms with Crippen LogP contribution in [0.15, 0.2) is 72.9 Å². The van der Waals surface area contributed by atoms with Crippen LogP contribution in [-0.4, -0.2) is 47.7 Å². The summed E-state index contributed by atoms with van der Waals surface area (Å²) in [7, 11) is 0. The highest BCUT2D eigenvalue weighted by atomic mass is 19.2. The molecule has 4 aromatic rings. The van der Waals surface area contributed by atoms with Gasteiger partial charge in [-0.05, 0) is 59.4 Å². The molecule has 0 amide bonds. The van der Waals surface area contributed by atoms with E-state index in [0.29, 0.717) is 12.4 Å². The van der Waals surface area contributed by atoms with Crippen LogP contribution in [0.5, 0.6) is 0 Å². The van der Waals surface area contributed by atoms with Crippen molar-refractivity contribution in [3.63, 3.8) is 0 Å². The van der Waals surface area contributed by atoms with Gasteiger partial charge < -0.3 is 10.1 Å². The van der Waals surface area contributed by atoms with E-state index in [9.17, 15) is 8.78 Å². The molecule has 1 atom stereocenters. The highest BCUT2D eigenvalue weighted by molar-refractivity contribution is 5.73. The van der Waals surface area contributed by atoms with Crippen molar-refractivity contribution in [3.05, 3.63) is 107 Å². The van der Waals surface area contributed by atoms with Crippen LogP contribution in [0.4, 0.5) is 20.4 Å². The van der Waals surface area contributed by atoms with Gasteiger partial charge in [0.2, 0.25) is 5.95 Å². The molecule has 7 heteroatoms. The average Bonchev–Trinajstić information content (AvgIpc) is 2.94. The molecule has 2 heterocycles. The van der Waals surface area contributed by atoms with Gasteiger partial charge in [0.05, 0.1) is 18.9 Å². The van der Waals surface area contributed by atoms with Gasteiger partial charge in [-0.15, -0.1) is 0 Å². The maximum Gasteiger partial charge on any atom is 0.227 e. The van der Waals surface area contributed by atoms with Crippen molar-refractivity contribution < 1.29 is 13.5 Å². The number of morpholine rings is 1. The largest absolute Gasteiger partial charge is 0.379 e. The van der Waals surface area contributed by atoms with E-state index in [1.165, 1.54) is 17.7 Å². The Bertz CT molecular complexity index is 1400. The lowest BCUT2D eigenvalue weighted by Gasteiger charge is -2.27. The highest BCUT2D eigenvalue weighted by Gasteiger charge is 2.28. The third-order valence-corrected chi connectivity index (χ3v) is 7.26. The van der Waals surface area contributed by atoms with Crippen molar-refractivity contribution in [3.8, 4) is 11.3 Å². The van der Waals surface area contributed by atoms with Crippen molar-refractivity contribution in [2.45, 2.75) is 18.8 Å². The molecule has 3 aromatic carbocycles. The second-order valence-electron chi connectivity index (χ2n) is 9.61. The van der Waals surface area contributed by atoms with E-state index in [4.69, 9.17) is 9.72 Å². The summed E-state index contributed by atoms with van der Waals surface area (Å²) in [6, 6.07) is 20.6. The number of halogens is 2. The zero-order chi connectivity index (χ0) is 25.2. The smallest absolute Gasteiger partial charge is 0.227 e. The van der Waals surface area contributed by atoms with Crippen LogP contribution < -0.4 is 5.32 Å². The fourth-order valence-corrected chi connectivity index (χ4v) is 5.22. The molecule has 1 saturated heterocycles. The van der Waals surface area contributed by atoms with Gasteiger partial charge in [-0.1, -0.05) is 42.5 Å². The topological polar surface area (TPSA) is 50.3 Å². The lowest BCUT2D eigenvalue weighted by atomic mass is 9.78. The first-order chi connectivity index (χ1) is 18.1.